The summed E-state index contributed by atoms with van der Waals surface area (Å²) in [4.78, 5) is 7.77. The number of halogens is 1. The zero-order valence-electron chi connectivity index (χ0n) is 17.9. The maximum atomic E-state index is 6.02. The maximum absolute atomic E-state index is 6.02. The number of likely N-dealkylation sites (tertiary alicyclic amines) is 1. The van der Waals surface area contributed by atoms with Crippen LogP contribution in [0.15, 0.2) is 48.1 Å². The van der Waals surface area contributed by atoms with Crippen molar-refractivity contribution in [3.05, 3.63) is 48.1 Å². The van der Waals surface area contributed by atoms with Crippen LogP contribution >= 0.6 is 12.4 Å². The number of rotatable bonds is 7. The zero-order valence-corrected chi connectivity index (χ0v) is 18.7. The molecule has 2 saturated heterocycles. The lowest BCUT2D eigenvalue weighted by Crippen LogP contribution is -2.47. The van der Waals surface area contributed by atoms with Crippen molar-refractivity contribution in [2.75, 3.05) is 57.3 Å². The van der Waals surface area contributed by atoms with Crippen LogP contribution in [0.1, 0.15) is 26.7 Å². The highest BCUT2D eigenvalue weighted by atomic mass is 35.5. The molecule has 1 aliphatic carbocycles. The van der Waals surface area contributed by atoms with Crippen LogP contribution in [0.5, 0.6) is 5.75 Å². The zero-order chi connectivity index (χ0) is 19.3. The van der Waals surface area contributed by atoms with E-state index < -0.39 is 0 Å². The molecule has 0 N–H and O–H groups in total. The topological polar surface area (TPSA) is 19.0 Å². The molecule has 4 nitrogen and oxygen atoms in total. The summed E-state index contributed by atoms with van der Waals surface area (Å²) in [5.41, 5.74) is 2.90. The van der Waals surface area contributed by atoms with Crippen LogP contribution in [0.2, 0.25) is 0 Å². The van der Waals surface area contributed by atoms with Crippen molar-refractivity contribution < 1.29 is 4.74 Å². The van der Waals surface area contributed by atoms with Crippen LogP contribution in [-0.4, -0.2) is 68.3 Å². The fraction of sp³-hybridized carbons (Fsp3) is 0.583. The molecule has 0 spiro atoms. The third-order valence-corrected chi connectivity index (χ3v) is 6.17. The molecule has 1 aromatic carbocycles. The first-order chi connectivity index (χ1) is 13.7. The lowest BCUT2D eigenvalue weighted by atomic mass is 9.95. The fourth-order valence-corrected chi connectivity index (χ4v) is 4.70. The van der Waals surface area contributed by atoms with E-state index in [1.165, 1.54) is 44.7 Å². The van der Waals surface area contributed by atoms with Gasteiger partial charge in [0, 0.05) is 39.3 Å². The number of ether oxygens (including phenoxy) is 1. The summed E-state index contributed by atoms with van der Waals surface area (Å²) in [6, 6.07) is 8.48. The van der Waals surface area contributed by atoms with Gasteiger partial charge in [0.2, 0.25) is 0 Å². The molecule has 2 fully saturated rings. The SMILES string of the molecule is CC(C)Oc1ccccc1N1CCN(CCCN2CC3=CC=CCC3C2)CC1.Cl. The number of allylic oxidation sites excluding steroid dienone is 3. The molecule has 2 aliphatic heterocycles. The summed E-state index contributed by atoms with van der Waals surface area (Å²) in [5.74, 6) is 1.81. The number of anilines is 1. The first kappa shape index (κ1) is 22.2. The average molecular weight is 418 g/mol. The van der Waals surface area contributed by atoms with Crippen molar-refractivity contribution in [3.8, 4) is 5.75 Å². The van der Waals surface area contributed by atoms with Crippen molar-refractivity contribution in [3.63, 3.8) is 0 Å². The molecule has 4 rings (SSSR count). The van der Waals surface area contributed by atoms with Gasteiger partial charge in [0.1, 0.15) is 5.75 Å². The molecule has 0 radical (unpaired) electrons. The van der Waals surface area contributed by atoms with Crippen molar-refractivity contribution >= 4 is 18.1 Å². The number of para-hydroxylation sites is 2. The van der Waals surface area contributed by atoms with Gasteiger partial charge in [-0.2, -0.15) is 0 Å². The average Bonchev–Trinajstić information content (AvgIpc) is 3.11. The predicted octanol–water partition coefficient (Wildman–Crippen LogP) is 4.23. The molecule has 1 aromatic rings. The summed E-state index contributed by atoms with van der Waals surface area (Å²) >= 11 is 0. The van der Waals surface area contributed by atoms with Crippen LogP contribution < -0.4 is 9.64 Å². The minimum Gasteiger partial charge on any atom is -0.489 e. The normalized spacial score (nSPS) is 22.4. The number of benzene rings is 1. The largest absolute Gasteiger partial charge is 0.489 e. The number of piperazine rings is 1. The number of hydrogen-bond donors (Lipinski definition) is 0. The Hall–Kier alpha value is -1.49. The van der Waals surface area contributed by atoms with Gasteiger partial charge in [-0.15, -0.1) is 12.4 Å². The Labute approximate surface area is 182 Å². The third-order valence-electron chi connectivity index (χ3n) is 6.17. The van der Waals surface area contributed by atoms with Crippen LogP contribution in [0.25, 0.3) is 0 Å². The summed E-state index contributed by atoms with van der Waals surface area (Å²) in [6.45, 7) is 13.6. The van der Waals surface area contributed by atoms with Crippen LogP contribution in [-0.2, 0) is 0 Å². The Bertz CT molecular complexity index is 710. The Morgan fingerprint density at radius 1 is 1.03 bits per heavy atom. The summed E-state index contributed by atoms with van der Waals surface area (Å²) in [5, 5.41) is 0. The molecule has 0 bridgehead atoms. The first-order valence-corrected chi connectivity index (χ1v) is 11.0. The second-order valence-electron chi connectivity index (χ2n) is 8.65. The lowest BCUT2D eigenvalue weighted by Gasteiger charge is -2.37. The van der Waals surface area contributed by atoms with Crippen LogP contribution in [0.4, 0.5) is 5.69 Å². The quantitative estimate of drug-likeness (QED) is 0.660. The summed E-state index contributed by atoms with van der Waals surface area (Å²) in [7, 11) is 0. The minimum absolute atomic E-state index is 0. The smallest absolute Gasteiger partial charge is 0.142 e. The van der Waals surface area contributed by atoms with Gasteiger partial charge in [-0.25, -0.2) is 0 Å². The molecular formula is C24H36ClN3O. The standard InChI is InChI=1S/C24H35N3O.ClH/c1-20(2)28-24-11-6-5-10-23(24)27-16-14-25(15-17-27)12-7-13-26-18-21-8-3-4-9-22(21)19-26;/h3-6,8,10-11,20,22H,7,9,12-19H2,1-2H3;1H. The third kappa shape index (κ3) is 5.78. The molecule has 1 atom stereocenters. The highest BCUT2D eigenvalue weighted by Gasteiger charge is 2.27. The molecule has 0 saturated carbocycles. The van der Waals surface area contributed by atoms with Gasteiger partial charge in [-0.1, -0.05) is 35.9 Å². The fourth-order valence-electron chi connectivity index (χ4n) is 4.70. The maximum Gasteiger partial charge on any atom is 0.142 e. The van der Waals surface area contributed by atoms with E-state index in [9.17, 15) is 0 Å². The Morgan fingerprint density at radius 2 is 1.79 bits per heavy atom. The molecule has 5 heteroatoms. The number of fused-ring (bicyclic) bond motifs is 1. The second-order valence-corrected chi connectivity index (χ2v) is 8.65. The predicted molar refractivity (Wildman–Crippen MR) is 124 cm³/mol. The summed E-state index contributed by atoms with van der Waals surface area (Å²) in [6.07, 6.45) is 9.63. The van der Waals surface area contributed by atoms with Crippen molar-refractivity contribution in [2.24, 2.45) is 5.92 Å². The monoisotopic (exact) mass is 417 g/mol. The van der Waals surface area contributed by atoms with E-state index in [0.717, 1.165) is 37.8 Å². The number of nitrogens with zero attached hydrogens (tertiary/aromatic N) is 3. The van der Waals surface area contributed by atoms with E-state index in [-0.39, 0.29) is 18.5 Å². The Morgan fingerprint density at radius 3 is 2.55 bits per heavy atom. The highest BCUT2D eigenvalue weighted by molar-refractivity contribution is 5.85. The minimum atomic E-state index is 0. The molecule has 0 aromatic heterocycles. The Balaban J connectivity index is 0.00000240. The summed E-state index contributed by atoms with van der Waals surface area (Å²) < 4.78 is 6.02. The van der Waals surface area contributed by atoms with Gasteiger partial charge in [0.25, 0.3) is 0 Å². The van der Waals surface area contributed by atoms with Gasteiger partial charge in [0.05, 0.1) is 11.8 Å². The van der Waals surface area contributed by atoms with Crippen molar-refractivity contribution in [1.82, 2.24) is 9.80 Å². The first-order valence-electron chi connectivity index (χ1n) is 11.0. The van der Waals surface area contributed by atoms with Gasteiger partial charge in [0.15, 0.2) is 0 Å². The molecule has 1 unspecified atom stereocenters. The molecule has 3 aliphatic rings. The van der Waals surface area contributed by atoms with Gasteiger partial charge < -0.3 is 9.64 Å². The van der Waals surface area contributed by atoms with E-state index in [1.54, 1.807) is 5.57 Å². The van der Waals surface area contributed by atoms with E-state index in [1.807, 2.05) is 0 Å². The van der Waals surface area contributed by atoms with Gasteiger partial charge in [-0.3, -0.25) is 9.80 Å². The second kappa shape index (κ2) is 10.5. The molecule has 29 heavy (non-hydrogen) atoms. The molecule has 160 valence electrons. The van der Waals surface area contributed by atoms with Crippen molar-refractivity contribution in [1.29, 1.82) is 0 Å². The van der Waals surface area contributed by atoms with E-state index in [4.69, 9.17) is 4.74 Å². The van der Waals surface area contributed by atoms with Gasteiger partial charge >= 0.3 is 0 Å². The van der Waals surface area contributed by atoms with E-state index in [0.29, 0.717) is 0 Å². The van der Waals surface area contributed by atoms with Gasteiger partial charge in [-0.05, 0) is 57.8 Å². The number of hydrogen-bond acceptors (Lipinski definition) is 4. The highest BCUT2D eigenvalue weighted by Crippen LogP contribution is 2.30. The van der Waals surface area contributed by atoms with E-state index >= 15 is 0 Å². The van der Waals surface area contributed by atoms with Crippen LogP contribution in [0.3, 0.4) is 0 Å². The molecular weight excluding hydrogens is 382 g/mol. The molecule has 2 heterocycles. The Kier molecular flexibility index (Phi) is 8.05. The lowest BCUT2D eigenvalue weighted by molar-refractivity contribution is 0.227. The van der Waals surface area contributed by atoms with Crippen LogP contribution in [0, 0.1) is 5.92 Å². The van der Waals surface area contributed by atoms with E-state index in [2.05, 4.69) is 71.0 Å². The molecule has 0 amide bonds. The van der Waals surface area contributed by atoms with Crippen molar-refractivity contribution in [2.45, 2.75) is 32.8 Å².